The third-order valence-electron chi connectivity index (χ3n) is 1.49. The molecule has 1 N–H and O–H groups in total. The molecule has 0 aliphatic rings. The summed E-state index contributed by atoms with van der Waals surface area (Å²) in [6.45, 7) is 4.30. The van der Waals surface area contributed by atoms with E-state index in [-0.39, 0.29) is 0 Å². The van der Waals surface area contributed by atoms with Gasteiger partial charge in [-0.25, -0.2) is 0 Å². The summed E-state index contributed by atoms with van der Waals surface area (Å²) in [6, 6.07) is 10.7. The van der Waals surface area contributed by atoms with Crippen molar-refractivity contribution in [3.8, 4) is 0 Å². The van der Waals surface area contributed by atoms with Crippen molar-refractivity contribution in [1.82, 2.24) is 0 Å². The van der Waals surface area contributed by atoms with Crippen LogP contribution in [0.15, 0.2) is 24.3 Å². The largest absolute Gasteiger partial charge is 0.388 e. The lowest BCUT2D eigenvalue weighted by atomic mass is 10.2. The maximum Gasteiger partial charge on any atom is 0.0824 e. The molecule has 0 fully saturated rings. The lowest BCUT2D eigenvalue weighted by molar-refractivity contribution is -0.0269. The maximum atomic E-state index is 9.36. The Bertz CT molecular complexity index is 236. The lowest BCUT2D eigenvalue weighted by Crippen LogP contribution is -2.25. The standard InChI is InChI=1S/C11H15O2/c1-11(2,12)9-13-8-10-6-4-3-5-7-10/h3-6,12H,8-9H2,1-2H3. The molecule has 1 radical (unpaired) electrons. The molecule has 0 atom stereocenters. The first-order chi connectivity index (χ1) is 6.08. The summed E-state index contributed by atoms with van der Waals surface area (Å²) in [5.41, 5.74) is 0.251. The van der Waals surface area contributed by atoms with E-state index in [1.165, 1.54) is 0 Å². The number of hydrogen-bond donors (Lipinski definition) is 1. The molecule has 1 aromatic rings. The Kier molecular flexibility index (Phi) is 3.46. The molecule has 2 nitrogen and oxygen atoms in total. The lowest BCUT2D eigenvalue weighted by Gasteiger charge is -2.16. The van der Waals surface area contributed by atoms with E-state index < -0.39 is 5.60 Å². The van der Waals surface area contributed by atoms with Gasteiger partial charge >= 0.3 is 0 Å². The summed E-state index contributed by atoms with van der Waals surface area (Å²) in [5, 5.41) is 9.36. The van der Waals surface area contributed by atoms with Crippen LogP contribution in [0, 0.1) is 6.07 Å². The Balaban J connectivity index is 2.29. The van der Waals surface area contributed by atoms with Crippen molar-refractivity contribution in [2.24, 2.45) is 0 Å². The molecule has 1 aromatic carbocycles. The average Bonchev–Trinajstić information content (AvgIpc) is 2.04. The number of rotatable bonds is 4. The molecular formula is C11H15O2. The Hall–Kier alpha value is -0.860. The van der Waals surface area contributed by atoms with Crippen molar-refractivity contribution >= 4 is 0 Å². The van der Waals surface area contributed by atoms with Crippen molar-refractivity contribution in [3.63, 3.8) is 0 Å². The molecule has 0 spiro atoms. The summed E-state index contributed by atoms with van der Waals surface area (Å²) in [6.07, 6.45) is 0. The van der Waals surface area contributed by atoms with Gasteiger partial charge in [0.25, 0.3) is 0 Å². The van der Waals surface area contributed by atoms with Crippen molar-refractivity contribution in [3.05, 3.63) is 35.9 Å². The zero-order valence-electron chi connectivity index (χ0n) is 8.08. The van der Waals surface area contributed by atoms with Crippen LogP contribution in [0.3, 0.4) is 0 Å². The highest BCUT2D eigenvalue weighted by Gasteiger charge is 2.11. The van der Waals surface area contributed by atoms with Crippen molar-refractivity contribution in [2.75, 3.05) is 6.61 Å². The highest BCUT2D eigenvalue weighted by atomic mass is 16.5. The Morgan fingerprint density at radius 1 is 1.46 bits per heavy atom. The van der Waals surface area contributed by atoms with Crippen LogP contribution in [-0.4, -0.2) is 17.3 Å². The second-order valence-corrected chi connectivity index (χ2v) is 3.69. The second-order valence-electron chi connectivity index (χ2n) is 3.69. The van der Waals surface area contributed by atoms with E-state index in [1.54, 1.807) is 13.8 Å². The molecule has 0 unspecified atom stereocenters. The minimum atomic E-state index is -0.755. The van der Waals surface area contributed by atoms with E-state index in [4.69, 9.17) is 4.74 Å². The van der Waals surface area contributed by atoms with Gasteiger partial charge in [-0.2, -0.15) is 0 Å². The Morgan fingerprint density at radius 3 is 2.77 bits per heavy atom. The van der Waals surface area contributed by atoms with Crippen LogP contribution in [0.5, 0.6) is 0 Å². The van der Waals surface area contributed by atoms with Gasteiger partial charge in [0.05, 0.1) is 18.8 Å². The first-order valence-electron chi connectivity index (χ1n) is 4.34. The normalized spacial score (nSPS) is 11.6. The fourth-order valence-electron chi connectivity index (χ4n) is 0.931. The van der Waals surface area contributed by atoms with Crippen LogP contribution in [0.2, 0.25) is 0 Å². The number of benzene rings is 1. The minimum absolute atomic E-state index is 0.343. The van der Waals surface area contributed by atoms with Crippen LogP contribution in [0.1, 0.15) is 19.4 Å². The van der Waals surface area contributed by atoms with Crippen LogP contribution in [0.4, 0.5) is 0 Å². The molecule has 71 valence electrons. The smallest absolute Gasteiger partial charge is 0.0824 e. The van der Waals surface area contributed by atoms with E-state index in [0.29, 0.717) is 13.2 Å². The summed E-state index contributed by atoms with van der Waals surface area (Å²) in [4.78, 5) is 0. The van der Waals surface area contributed by atoms with Crippen molar-refractivity contribution < 1.29 is 9.84 Å². The Morgan fingerprint density at radius 2 is 2.23 bits per heavy atom. The fraction of sp³-hybridized carbons (Fsp3) is 0.455. The SMILES string of the molecule is CC(C)(O)COCc1[c]cccc1. The topological polar surface area (TPSA) is 29.5 Å². The predicted octanol–water partition coefficient (Wildman–Crippen LogP) is 1.77. The van der Waals surface area contributed by atoms with Crippen LogP contribution in [0.25, 0.3) is 0 Å². The monoisotopic (exact) mass is 179 g/mol. The van der Waals surface area contributed by atoms with E-state index in [9.17, 15) is 5.11 Å². The second kappa shape index (κ2) is 4.40. The highest BCUT2D eigenvalue weighted by molar-refractivity contribution is 5.11. The van der Waals surface area contributed by atoms with Crippen LogP contribution < -0.4 is 0 Å². The molecule has 0 aromatic heterocycles. The Labute approximate surface area is 79.2 Å². The number of hydrogen-bond acceptors (Lipinski definition) is 2. The van der Waals surface area contributed by atoms with Gasteiger partial charge in [-0.15, -0.1) is 0 Å². The molecule has 0 bridgehead atoms. The van der Waals surface area contributed by atoms with Gasteiger partial charge in [0, 0.05) is 0 Å². The molecule has 2 heteroatoms. The summed E-state index contributed by atoms with van der Waals surface area (Å²) >= 11 is 0. The van der Waals surface area contributed by atoms with E-state index in [0.717, 1.165) is 5.56 Å². The maximum absolute atomic E-state index is 9.36. The van der Waals surface area contributed by atoms with Crippen molar-refractivity contribution in [2.45, 2.75) is 26.1 Å². The highest BCUT2D eigenvalue weighted by Crippen LogP contribution is 2.04. The summed E-state index contributed by atoms with van der Waals surface area (Å²) in [7, 11) is 0. The summed E-state index contributed by atoms with van der Waals surface area (Å²) < 4.78 is 5.30. The molecule has 13 heavy (non-hydrogen) atoms. The van der Waals surface area contributed by atoms with Gasteiger partial charge in [-0.1, -0.05) is 24.3 Å². The third-order valence-corrected chi connectivity index (χ3v) is 1.49. The molecule has 0 amide bonds. The molecule has 1 rings (SSSR count). The molecule has 0 aliphatic carbocycles. The molecule has 0 heterocycles. The zero-order chi connectivity index (χ0) is 9.73. The fourth-order valence-corrected chi connectivity index (χ4v) is 0.931. The van der Waals surface area contributed by atoms with E-state index >= 15 is 0 Å². The first-order valence-corrected chi connectivity index (χ1v) is 4.34. The van der Waals surface area contributed by atoms with E-state index in [1.807, 2.05) is 24.3 Å². The summed E-state index contributed by atoms with van der Waals surface area (Å²) in [5.74, 6) is 0. The van der Waals surface area contributed by atoms with Gasteiger partial charge in [-0.05, 0) is 25.5 Å². The molecular weight excluding hydrogens is 164 g/mol. The van der Waals surface area contributed by atoms with E-state index in [2.05, 4.69) is 6.07 Å². The van der Waals surface area contributed by atoms with Gasteiger partial charge in [-0.3, -0.25) is 0 Å². The van der Waals surface area contributed by atoms with Crippen LogP contribution >= 0.6 is 0 Å². The quantitative estimate of drug-likeness (QED) is 0.763. The van der Waals surface area contributed by atoms with Gasteiger partial charge in [0.15, 0.2) is 0 Å². The number of ether oxygens (including phenoxy) is 1. The number of aliphatic hydroxyl groups is 1. The van der Waals surface area contributed by atoms with Gasteiger partial charge < -0.3 is 9.84 Å². The van der Waals surface area contributed by atoms with Gasteiger partial charge in [0.2, 0.25) is 0 Å². The van der Waals surface area contributed by atoms with Crippen LogP contribution in [-0.2, 0) is 11.3 Å². The van der Waals surface area contributed by atoms with Crippen molar-refractivity contribution in [1.29, 1.82) is 0 Å². The average molecular weight is 179 g/mol. The molecule has 0 saturated heterocycles. The van der Waals surface area contributed by atoms with Gasteiger partial charge in [0.1, 0.15) is 0 Å². The zero-order valence-corrected chi connectivity index (χ0v) is 8.08. The third kappa shape index (κ3) is 4.65. The minimum Gasteiger partial charge on any atom is -0.388 e. The molecule has 0 aliphatic heterocycles. The predicted molar refractivity (Wildman–Crippen MR) is 51.2 cm³/mol. The first kappa shape index (κ1) is 10.2. The molecule has 0 saturated carbocycles.